The summed E-state index contributed by atoms with van der Waals surface area (Å²) in [5.41, 5.74) is -0.391. The molecule has 1 aromatic carbocycles. The van der Waals surface area contributed by atoms with Gasteiger partial charge in [0.05, 0.1) is 13.2 Å². The van der Waals surface area contributed by atoms with E-state index in [0.29, 0.717) is 5.56 Å². The molecule has 112 valence electrons. The maximum atomic E-state index is 12.9. The van der Waals surface area contributed by atoms with E-state index in [9.17, 15) is 9.77 Å². The minimum absolute atomic E-state index is 0.0403. The van der Waals surface area contributed by atoms with Gasteiger partial charge < -0.3 is 14.3 Å². The van der Waals surface area contributed by atoms with Gasteiger partial charge in [-0.1, -0.05) is 30.3 Å². The Hall–Kier alpha value is -1.36. The number of benzene rings is 1. The van der Waals surface area contributed by atoms with Crippen molar-refractivity contribution in [3.8, 4) is 0 Å². The lowest BCUT2D eigenvalue weighted by Gasteiger charge is -2.24. The first-order valence-electron chi connectivity index (χ1n) is 6.39. The van der Waals surface area contributed by atoms with Gasteiger partial charge >= 0.3 is 7.60 Å². The Labute approximate surface area is 118 Å². The molecule has 0 aliphatic heterocycles. The Morgan fingerprint density at radius 3 is 2.20 bits per heavy atom. The second-order valence-electron chi connectivity index (χ2n) is 4.10. The number of nitrogens with zero attached hydrogens (tertiary/aromatic N) is 1. The van der Waals surface area contributed by atoms with Crippen LogP contribution in [-0.4, -0.2) is 29.0 Å². The molecular weight excluding hydrogens is 281 g/mol. The molecule has 0 saturated heterocycles. The zero-order valence-electron chi connectivity index (χ0n) is 11.9. The first-order chi connectivity index (χ1) is 9.46. The second kappa shape index (κ2) is 7.43. The first-order valence-corrected chi connectivity index (χ1v) is 8.00. The molecule has 7 heteroatoms. The van der Waals surface area contributed by atoms with Gasteiger partial charge in [-0.15, -0.1) is 0 Å². The third-order valence-electron chi connectivity index (χ3n) is 2.75. The predicted molar refractivity (Wildman–Crippen MR) is 76.1 cm³/mol. The molecule has 1 rings (SSSR count). The van der Waals surface area contributed by atoms with Gasteiger partial charge in [-0.2, -0.15) is 0 Å². The molecule has 1 aromatic rings. The Bertz CT molecular complexity index is 489. The topological polar surface area (TPSA) is 81.8 Å². The lowest BCUT2D eigenvalue weighted by molar-refractivity contribution is -0.727. The summed E-state index contributed by atoms with van der Waals surface area (Å²) in [5, 5.41) is 20.4. The highest BCUT2D eigenvalue weighted by atomic mass is 31.2. The van der Waals surface area contributed by atoms with Crippen molar-refractivity contribution >= 4 is 13.3 Å². The van der Waals surface area contributed by atoms with Crippen LogP contribution in [0.4, 0.5) is 0 Å². The maximum Gasteiger partial charge on any atom is 0.348 e. The molecule has 0 aromatic heterocycles. The van der Waals surface area contributed by atoms with Gasteiger partial charge in [0.25, 0.3) is 0 Å². The highest BCUT2D eigenvalue weighted by Crippen LogP contribution is 2.61. The van der Waals surface area contributed by atoms with Crippen molar-refractivity contribution in [3.63, 3.8) is 0 Å². The number of hydrogen-bond donors (Lipinski definition) is 1. The van der Waals surface area contributed by atoms with Crippen molar-refractivity contribution in [2.45, 2.75) is 26.4 Å². The minimum Gasteiger partial charge on any atom is -0.418 e. The summed E-state index contributed by atoms with van der Waals surface area (Å²) in [6, 6.07) is 8.73. The van der Waals surface area contributed by atoms with Crippen LogP contribution in [0.5, 0.6) is 0 Å². The fourth-order valence-electron chi connectivity index (χ4n) is 1.94. The van der Waals surface area contributed by atoms with Crippen LogP contribution >= 0.6 is 7.60 Å². The van der Waals surface area contributed by atoms with Crippen LogP contribution < -0.4 is 0 Å². The maximum absolute atomic E-state index is 12.9. The fraction of sp³-hybridized carbons (Fsp3) is 0.462. The zero-order chi connectivity index (χ0) is 15.2. The van der Waals surface area contributed by atoms with Gasteiger partial charge in [0, 0.05) is 11.8 Å². The fourth-order valence-corrected chi connectivity index (χ4v) is 4.12. The molecule has 0 aliphatic carbocycles. The van der Waals surface area contributed by atoms with Crippen LogP contribution in [0.2, 0.25) is 0 Å². The molecule has 1 N–H and O–H groups in total. The summed E-state index contributed by atoms with van der Waals surface area (Å²) in [6.07, 6.45) is 0. The lowest BCUT2D eigenvalue weighted by Crippen LogP contribution is -2.20. The van der Waals surface area contributed by atoms with Gasteiger partial charge in [-0.3, -0.25) is 9.77 Å². The van der Waals surface area contributed by atoms with Gasteiger partial charge in [0.2, 0.25) is 5.71 Å². The second-order valence-corrected chi connectivity index (χ2v) is 6.22. The van der Waals surface area contributed by atoms with Gasteiger partial charge in [-0.05, 0) is 19.4 Å². The summed E-state index contributed by atoms with van der Waals surface area (Å²) in [6.45, 7) is 5.14. The molecule has 0 radical (unpaired) electrons. The molecule has 0 spiro atoms. The first kappa shape index (κ1) is 16.7. The highest BCUT2D eigenvalue weighted by molar-refractivity contribution is 7.55. The van der Waals surface area contributed by atoms with E-state index in [1.165, 1.54) is 6.92 Å². The third-order valence-corrected chi connectivity index (χ3v) is 5.29. The van der Waals surface area contributed by atoms with Crippen molar-refractivity contribution in [2.24, 2.45) is 0 Å². The van der Waals surface area contributed by atoms with E-state index < -0.39 is 13.3 Å². The summed E-state index contributed by atoms with van der Waals surface area (Å²) in [7, 11) is -3.60. The molecule has 1 atom stereocenters. The predicted octanol–water partition coefficient (Wildman–Crippen LogP) is 3.35. The highest BCUT2D eigenvalue weighted by Gasteiger charge is 2.43. The van der Waals surface area contributed by atoms with Crippen LogP contribution in [0.1, 0.15) is 32.0 Å². The van der Waals surface area contributed by atoms with E-state index in [4.69, 9.17) is 14.3 Å². The Morgan fingerprint density at radius 2 is 1.80 bits per heavy atom. The Morgan fingerprint density at radius 1 is 1.30 bits per heavy atom. The molecule has 20 heavy (non-hydrogen) atoms. The van der Waals surface area contributed by atoms with Crippen LogP contribution in [-0.2, 0) is 13.6 Å². The van der Waals surface area contributed by atoms with Crippen LogP contribution in [0, 0.1) is 5.21 Å². The molecule has 0 saturated carbocycles. The van der Waals surface area contributed by atoms with E-state index in [1.54, 1.807) is 44.2 Å². The molecule has 6 nitrogen and oxygen atoms in total. The molecule has 0 fully saturated rings. The standard InChI is InChI=1S/C13H20NO5P/c1-4-18-20(17,19-5-2)13(11(3)14(15)16)12-9-7-6-8-10-12/h6-10,13H,4-5H2,1-3H3,(H,15,16). The largest absolute Gasteiger partial charge is 0.418 e. The average Bonchev–Trinajstić information content (AvgIpc) is 2.40. The van der Waals surface area contributed by atoms with Crippen molar-refractivity contribution in [1.82, 2.24) is 0 Å². The summed E-state index contributed by atoms with van der Waals surface area (Å²) in [5.74, 6) is 0. The Kier molecular flexibility index (Phi) is 6.20. The molecule has 0 amide bonds. The van der Waals surface area contributed by atoms with E-state index >= 15 is 0 Å². The molecule has 0 bridgehead atoms. The number of rotatable bonds is 7. The summed E-state index contributed by atoms with van der Waals surface area (Å²) >= 11 is 0. The van der Waals surface area contributed by atoms with Crippen molar-refractivity contribution < 1.29 is 23.7 Å². The number of hydrogen-bond acceptors (Lipinski definition) is 5. The average molecular weight is 301 g/mol. The monoisotopic (exact) mass is 301 g/mol. The van der Waals surface area contributed by atoms with Gasteiger partial charge in [0.1, 0.15) is 0 Å². The minimum atomic E-state index is -3.60. The third kappa shape index (κ3) is 3.82. The van der Waals surface area contributed by atoms with Gasteiger partial charge in [0.15, 0.2) is 5.66 Å². The lowest BCUT2D eigenvalue weighted by atomic mass is 10.1. The van der Waals surface area contributed by atoms with Crippen molar-refractivity contribution in [2.75, 3.05) is 13.2 Å². The molecular formula is C13H20NO5P. The smallest absolute Gasteiger partial charge is 0.348 e. The Balaban J connectivity index is 3.37. The zero-order valence-corrected chi connectivity index (χ0v) is 12.7. The van der Waals surface area contributed by atoms with Crippen LogP contribution in [0.3, 0.4) is 0 Å². The van der Waals surface area contributed by atoms with Gasteiger partial charge in [-0.25, -0.2) is 0 Å². The van der Waals surface area contributed by atoms with E-state index in [1.807, 2.05) is 0 Å². The van der Waals surface area contributed by atoms with Crippen molar-refractivity contribution in [1.29, 1.82) is 0 Å². The summed E-state index contributed by atoms with van der Waals surface area (Å²) < 4.78 is 23.5. The summed E-state index contributed by atoms with van der Waals surface area (Å²) in [4.78, 5) is -0.289. The van der Waals surface area contributed by atoms with E-state index in [-0.39, 0.29) is 23.8 Å². The van der Waals surface area contributed by atoms with E-state index in [0.717, 1.165) is 0 Å². The normalized spacial score (nSPS) is 14.8. The quantitative estimate of drug-likeness (QED) is 0.274. The SMILES string of the molecule is CCOP(=O)(OCC)C(/C(C)=[N+](/[O-])O)c1ccccc1. The molecule has 1 unspecified atom stereocenters. The van der Waals surface area contributed by atoms with Crippen LogP contribution in [0.15, 0.2) is 30.3 Å². The van der Waals surface area contributed by atoms with Crippen molar-refractivity contribution in [3.05, 3.63) is 41.1 Å². The molecule has 0 heterocycles. The molecule has 0 aliphatic rings. The van der Waals surface area contributed by atoms with Crippen LogP contribution in [0.25, 0.3) is 0 Å². The van der Waals surface area contributed by atoms with E-state index in [2.05, 4.69) is 0 Å².